The van der Waals surface area contributed by atoms with Crippen LogP contribution in [0.3, 0.4) is 0 Å². The van der Waals surface area contributed by atoms with E-state index in [2.05, 4.69) is 10.0 Å². The molecule has 2 rings (SSSR count). The number of aryl methyl sites for hydroxylation is 4. The van der Waals surface area contributed by atoms with E-state index >= 15 is 0 Å². The first-order valence-corrected chi connectivity index (χ1v) is 9.61. The van der Waals surface area contributed by atoms with E-state index in [1.54, 1.807) is 19.1 Å². The van der Waals surface area contributed by atoms with Crippen molar-refractivity contribution in [2.75, 3.05) is 13.1 Å². The highest BCUT2D eigenvalue weighted by molar-refractivity contribution is 7.89. The van der Waals surface area contributed by atoms with Crippen LogP contribution in [0.15, 0.2) is 41.3 Å². The lowest BCUT2D eigenvalue weighted by Gasteiger charge is -2.11. The standard InChI is InChI=1S/C19H24N2O3S/c1-13-5-7-15(3)17(11-13)19(22)20-9-10-21-25(23,24)18-12-14(2)6-8-16(18)4/h5-8,11-12,21H,9-10H2,1-4H3,(H,20,22). The monoisotopic (exact) mass is 360 g/mol. The molecule has 0 aromatic heterocycles. The van der Waals surface area contributed by atoms with Crippen molar-refractivity contribution in [3.8, 4) is 0 Å². The number of carbonyl (C=O) groups is 1. The number of sulfonamides is 1. The molecule has 0 aliphatic heterocycles. The SMILES string of the molecule is Cc1ccc(C)c(C(=O)NCCNS(=O)(=O)c2cc(C)ccc2C)c1. The van der Waals surface area contributed by atoms with E-state index in [1.807, 2.05) is 45.0 Å². The molecule has 2 aromatic rings. The lowest BCUT2D eigenvalue weighted by atomic mass is 10.1. The Kier molecular flexibility index (Phi) is 5.98. The number of carbonyl (C=O) groups excluding carboxylic acids is 1. The van der Waals surface area contributed by atoms with Crippen LogP contribution in [-0.4, -0.2) is 27.4 Å². The Balaban J connectivity index is 1.95. The molecule has 0 fully saturated rings. The summed E-state index contributed by atoms with van der Waals surface area (Å²) in [5.41, 5.74) is 4.08. The molecule has 0 aliphatic rings. The molecule has 134 valence electrons. The second kappa shape index (κ2) is 7.80. The lowest BCUT2D eigenvalue weighted by Crippen LogP contribution is -2.35. The maximum atomic E-state index is 12.4. The topological polar surface area (TPSA) is 75.3 Å². The molecule has 6 heteroatoms. The van der Waals surface area contributed by atoms with Crippen LogP contribution >= 0.6 is 0 Å². The van der Waals surface area contributed by atoms with Gasteiger partial charge in [0.25, 0.3) is 5.91 Å². The third-order valence-electron chi connectivity index (χ3n) is 3.97. The van der Waals surface area contributed by atoms with Gasteiger partial charge in [-0.2, -0.15) is 0 Å². The summed E-state index contributed by atoms with van der Waals surface area (Å²) >= 11 is 0. The fourth-order valence-corrected chi connectivity index (χ4v) is 3.87. The van der Waals surface area contributed by atoms with Crippen molar-refractivity contribution in [3.63, 3.8) is 0 Å². The smallest absolute Gasteiger partial charge is 0.251 e. The van der Waals surface area contributed by atoms with Gasteiger partial charge in [-0.1, -0.05) is 29.8 Å². The maximum absolute atomic E-state index is 12.4. The van der Waals surface area contributed by atoms with E-state index in [9.17, 15) is 13.2 Å². The van der Waals surface area contributed by atoms with E-state index in [-0.39, 0.29) is 23.9 Å². The minimum atomic E-state index is -3.59. The van der Waals surface area contributed by atoms with E-state index in [0.29, 0.717) is 11.1 Å². The van der Waals surface area contributed by atoms with Crippen LogP contribution in [-0.2, 0) is 10.0 Å². The Morgan fingerprint density at radius 2 is 1.48 bits per heavy atom. The number of benzene rings is 2. The van der Waals surface area contributed by atoms with Crippen molar-refractivity contribution in [1.29, 1.82) is 0 Å². The highest BCUT2D eigenvalue weighted by atomic mass is 32.2. The first kappa shape index (κ1) is 19.1. The Morgan fingerprint density at radius 1 is 0.880 bits per heavy atom. The fraction of sp³-hybridized carbons (Fsp3) is 0.316. The highest BCUT2D eigenvalue weighted by Crippen LogP contribution is 2.16. The summed E-state index contributed by atoms with van der Waals surface area (Å²) in [6.45, 7) is 7.76. The van der Waals surface area contributed by atoms with Crippen LogP contribution in [0.1, 0.15) is 32.6 Å². The Morgan fingerprint density at radius 3 is 2.16 bits per heavy atom. The number of hydrogen-bond acceptors (Lipinski definition) is 3. The van der Waals surface area contributed by atoms with Crippen molar-refractivity contribution in [3.05, 3.63) is 64.2 Å². The molecule has 0 aliphatic carbocycles. The van der Waals surface area contributed by atoms with E-state index in [1.165, 1.54) is 0 Å². The Bertz CT molecular complexity index is 890. The molecule has 2 N–H and O–H groups in total. The lowest BCUT2D eigenvalue weighted by molar-refractivity contribution is 0.0953. The zero-order valence-electron chi connectivity index (χ0n) is 15.0. The highest BCUT2D eigenvalue weighted by Gasteiger charge is 2.16. The number of amides is 1. The molecule has 0 heterocycles. The molecule has 1 amide bonds. The summed E-state index contributed by atoms with van der Waals surface area (Å²) in [6.07, 6.45) is 0. The van der Waals surface area contributed by atoms with Gasteiger partial charge in [0.1, 0.15) is 0 Å². The van der Waals surface area contributed by atoms with Gasteiger partial charge in [-0.15, -0.1) is 0 Å². The van der Waals surface area contributed by atoms with Crippen LogP contribution < -0.4 is 10.0 Å². The summed E-state index contributed by atoms with van der Waals surface area (Å²) in [4.78, 5) is 12.5. The quantitative estimate of drug-likeness (QED) is 0.778. The maximum Gasteiger partial charge on any atom is 0.251 e. The van der Waals surface area contributed by atoms with Crippen LogP contribution in [0.5, 0.6) is 0 Å². The molecule has 0 saturated carbocycles. The molecular formula is C19H24N2O3S. The van der Waals surface area contributed by atoms with Crippen molar-refractivity contribution in [2.24, 2.45) is 0 Å². The Hall–Kier alpha value is -2.18. The zero-order chi connectivity index (χ0) is 18.6. The summed E-state index contributed by atoms with van der Waals surface area (Å²) in [5, 5.41) is 2.75. The molecule has 0 saturated heterocycles. The predicted octanol–water partition coefficient (Wildman–Crippen LogP) is 2.63. The van der Waals surface area contributed by atoms with Gasteiger partial charge < -0.3 is 5.32 Å². The third kappa shape index (κ3) is 4.90. The van der Waals surface area contributed by atoms with E-state index in [0.717, 1.165) is 16.7 Å². The molecule has 0 unspecified atom stereocenters. The molecule has 0 bridgehead atoms. The number of hydrogen-bond donors (Lipinski definition) is 2. The van der Waals surface area contributed by atoms with Gasteiger partial charge in [0.15, 0.2) is 0 Å². The van der Waals surface area contributed by atoms with Gasteiger partial charge in [0, 0.05) is 18.7 Å². The summed E-state index contributed by atoms with van der Waals surface area (Å²) in [6, 6.07) is 11.0. The molecular weight excluding hydrogens is 336 g/mol. The van der Waals surface area contributed by atoms with Gasteiger partial charge in [-0.05, 0) is 56.5 Å². The van der Waals surface area contributed by atoms with Crippen LogP contribution in [0, 0.1) is 27.7 Å². The minimum Gasteiger partial charge on any atom is -0.351 e. The van der Waals surface area contributed by atoms with Crippen molar-refractivity contribution >= 4 is 15.9 Å². The number of nitrogens with one attached hydrogen (secondary N) is 2. The second-order valence-corrected chi connectivity index (χ2v) is 7.98. The summed E-state index contributed by atoms with van der Waals surface area (Å²) in [5.74, 6) is -0.202. The van der Waals surface area contributed by atoms with Gasteiger partial charge in [-0.3, -0.25) is 4.79 Å². The van der Waals surface area contributed by atoms with E-state index < -0.39 is 10.0 Å². The van der Waals surface area contributed by atoms with Gasteiger partial charge in [-0.25, -0.2) is 13.1 Å². The fourth-order valence-electron chi connectivity index (χ4n) is 2.51. The largest absolute Gasteiger partial charge is 0.351 e. The molecule has 2 aromatic carbocycles. The van der Waals surface area contributed by atoms with Gasteiger partial charge in [0.05, 0.1) is 4.90 Å². The second-order valence-electron chi connectivity index (χ2n) is 6.24. The summed E-state index contributed by atoms with van der Waals surface area (Å²) in [7, 11) is -3.59. The van der Waals surface area contributed by atoms with Gasteiger partial charge >= 0.3 is 0 Å². The normalized spacial score (nSPS) is 11.4. The third-order valence-corrected chi connectivity index (χ3v) is 5.58. The minimum absolute atomic E-state index is 0.131. The van der Waals surface area contributed by atoms with Crippen molar-refractivity contribution < 1.29 is 13.2 Å². The zero-order valence-corrected chi connectivity index (χ0v) is 15.8. The molecule has 25 heavy (non-hydrogen) atoms. The van der Waals surface area contributed by atoms with E-state index in [4.69, 9.17) is 0 Å². The molecule has 0 radical (unpaired) electrons. The summed E-state index contributed by atoms with van der Waals surface area (Å²) < 4.78 is 27.3. The van der Waals surface area contributed by atoms with Crippen LogP contribution in [0.4, 0.5) is 0 Å². The predicted molar refractivity (Wildman–Crippen MR) is 99.4 cm³/mol. The first-order valence-electron chi connectivity index (χ1n) is 8.13. The molecule has 0 spiro atoms. The first-order chi connectivity index (χ1) is 11.7. The van der Waals surface area contributed by atoms with Crippen molar-refractivity contribution in [2.45, 2.75) is 32.6 Å². The van der Waals surface area contributed by atoms with Crippen LogP contribution in [0.2, 0.25) is 0 Å². The van der Waals surface area contributed by atoms with Crippen LogP contribution in [0.25, 0.3) is 0 Å². The van der Waals surface area contributed by atoms with Gasteiger partial charge in [0.2, 0.25) is 10.0 Å². The Labute approximate surface area is 149 Å². The average molecular weight is 360 g/mol. The molecule has 0 atom stereocenters. The number of rotatable bonds is 6. The van der Waals surface area contributed by atoms with Crippen molar-refractivity contribution in [1.82, 2.24) is 10.0 Å². The average Bonchev–Trinajstić information content (AvgIpc) is 2.55. The molecule has 5 nitrogen and oxygen atoms in total.